The highest BCUT2D eigenvalue weighted by atomic mass is 32.2. The average molecular weight is 274 g/mol. The Hall–Kier alpha value is -1.46. The Morgan fingerprint density at radius 3 is 2.68 bits per heavy atom. The van der Waals surface area contributed by atoms with Crippen LogP contribution in [-0.2, 0) is 0 Å². The largest absolute Gasteiger partial charge is 0.310 e. The van der Waals surface area contributed by atoms with E-state index in [9.17, 15) is 0 Å². The molecule has 0 aliphatic heterocycles. The van der Waals surface area contributed by atoms with E-state index in [-0.39, 0.29) is 0 Å². The van der Waals surface area contributed by atoms with Gasteiger partial charge in [0.25, 0.3) is 0 Å². The number of rotatable bonds is 5. The third kappa shape index (κ3) is 4.01. The molecule has 0 aliphatic rings. The van der Waals surface area contributed by atoms with Gasteiger partial charge in [0, 0.05) is 24.6 Å². The molecule has 0 radical (unpaired) electrons. The maximum atomic E-state index is 4.35. The molecule has 0 saturated heterocycles. The lowest BCUT2D eigenvalue weighted by molar-refractivity contribution is 0.596. The van der Waals surface area contributed by atoms with Crippen molar-refractivity contribution < 1.29 is 0 Å². The average Bonchev–Trinajstić information content (AvgIpc) is 2.42. The van der Waals surface area contributed by atoms with Crippen LogP contribution in [0.25, 0.3) is 0 Å². The van der Waals surface area contributed by atoms with Gasteiger partial charge < -0.3 is 5.32 Å². The van der Waals surface area contributed by atoms with Crippen LogP contribution in [0.2, 0.25) is 0 Å². The van der Waals surface area contributed by atoms with Gasteiger partial charge in [-0.05, 0) is 55.4 Å². The Balaban J connectivity index is 2.12. The van der Waals surface area contributed by atoms with Crippen LogP contribution in [0.1, 0.15) is 31.0 Å². The Morgan fingerprint density at radius 2 is 2.00 bits per heavy atom. The van der Waals surface area contributed by atoms with Crippen molar-refractivity contribution in [2.24, 2.45) is 0 Å². The molecule has 1 N–H and O–H groups in total. The maximum Gasteiger partial charge on any atom is 0.193 e. The summed E-state index contributed by atoms with van der Waals surface area (Å²) in [6.07, 6.45) is 5.47. The SMILES string of the molecule is CCNC(C)c1ccnc(Sc2ncc(C)cn2)c1. The molecular formula is C14H18N4S. The highest BCUT2D eigenvalue weighted by molar-refractivity contribution is 7.99. The topological polar surface area (TPSA) is 50.7 Å². The molecule has 5 heteroatoms. The van der Waals surface area contributed by atoms with E-state index >= 15 is 0 Å². The van der Waals surface area contributed by atoms with Crippen LogP contribution in [0.3, 0.4) is 0 Å². The molecule has 19 heavy (non-hydrogen) atoms. The number of aryl methyl sites for hydroxylation is 1. The van der Waals surface area contributed by atoms with Crippen LogP contribution in [0.5, 0.6) is 0 Å². The Kier molecular flexibility index (Phi) is 4.87. The van der Waals surface area contributed by atoms with Crippen molar-refractivity contribution in [3.8, 4) is 0 Å². The molecule has 2 aromatic heterocycles. The minimum absolute atomic E-state index is 0.325. The van der Waals surface area contributed by atoms with Gasteiger partial charge in [0.1, 0.15) is 5.03 Å². The molecule has 0 aromatic carbocycles. The fourth-order valence-corrected chi connectivity index (χ4v) is 2.41. The fraction of sp³-hybridized carbons (Fsp3) is 0.357. The summed E-state index contributed by atoms with van der Waals surface area (Å²) in [5.74, 6) is 0. The Bertz CT molecular complexity index is 527. The van der Waals surface area contributed by atoms with Crippen molar-refractivity contribution in [2.45, 2.75) is 37.0 Å². The minimum atomic E-state index is 0.325. The molecule has 0 amide bonds. The monoisotopic (exact) mass is 274 g/mol. The second kappa shape index (κ2) is 6.63. The lowest BCUT2D eigenvalue weighted by atomic mass is 10.1. The predicted molar refractivity (Wildman–Crippen MR) is 77.2 cm³/mol. The molecule has 0 aliphatic carbocycles. The van der Waals surface area contributed by atoms with E-state index in [2.05, 4.69) is 40.2 Å². The zero-order valence-electron chi connectivity index (χ0n) is 11.4. The molecule has 2 rings (SSSR count). The van der Waals surface area contributed by atoms with Gasteiger partial charge in [-0.3, -0.25) is 0 Å². The molecule has 100 valence electrons. The quantitative estimate of drug-likeness (QED) is 0.849. The van der Waals surface area contributed by atoms with Crippen LogP contribution in [0.4, 0.5) is 0 Å². The minimum Gasteiger partial charge on any atom is -0.310 e. The first kappa shape index (κ1) is 14.0. The highest BCUT2D eigenvalue weighted by Crippen LogP contribution is 2.24. The second-order valence-corrected chi connectivity index (χ2v) is 5.34. The first-order valence-electron chi connectivity index (χ1n) is 6.35. The molecule has 0 bridgehead atoms. The first-order chi connectivity index (χ1) is 9.19. The van der Waals surface area contributed by atoms with E-state index in [1.54, 1.807) is 0 Å². The number of hydrogen-bond acceptors (Lipinski definition) is 5. The maximum absolute atomic E-state index is 4.35. The summed E-state index contributed by atoms with van der Waals surface area (Å²) in [6, 6.07) is 4.44. The van der Waals surface area contributed by atoms with Crippen molar-refractivity contribution in [2.75, 3.05) is 6.54 Å². The standard InChI is InChI=1S/C14H18N4S/c1-4-15-11(3)12-5-6-16-13(7-12)19-14-17-8-10(2)9-18-14/h5-9,11,15H,4H2,1-3H3. The number of hydrogen-bond donors (Lipinski definition) is 1. The lowest BCUT2D eigenvalue weighted by Crippen LogP contribution is -2.17. The van der Waals surface area contributed by atoms with E-state index in [1.807, 2.05) is 31.6 Å². The molecule has 2 heterocycles. The molecule has 1 unspecified atom stereocenters. The third-order valence-electron chi connectivity index (χ3n) is 2.72. The molecule has 1 atom stereocenters. The first-order valence-corrected chi connectivity index (χ1v) is 7.16. The summed E-state index contributed by atoms with van der Waals surface area (Å²) in [4.78, 5) is 12.9. The van der Waals surface area contributed by atoms with Gasteiger partial charge in [0.2, 0.25) is 0 Å². The lowest BCUT2D eigenvalue weighted by Gasteiger charge is -2.12. The van der Waals surface area contributed by atoms with Gasteiger partial charge >= 0.3 is 0 Å². The summed E-state index contributed by atoms with van der Waals surface area (Å²) in [5, 5.41) is 5.04. The van der Waals surface area contributed by atoms with Crippen LogP contribution in [-0.4, -0.2) is 21.5 Å². The normalized spacial score (nSPS) is 12.4. The van der Waals surface area contributed by atoms with Gasteiger partial charge in [-0.25, -0.2) is 15.0 Å². The zero-order valence-corrected chi connectivity index (χ0v) is 12.2. The second-order valence-electron chi connectivity index (χ2n) is 4.35. The van der Waals surface area contributed by atoms with Crippen LogP contribution < -0.4 is 5.32 Å². The molecule has 2 aromatic rings. The van der Waals surface area contributed by atoms with E-state index in [0.717, 1.165) is 22.3 Å². The van der Waals surface area contributed by atoms with Crippen molar-refractivity contribution in [1.29, 1.82) is 0 Å². The van der Waals surface area contributed by atoms with Gasteiger partial charge in [0.15, 0.2) is 5.16 Å². The molecule has 4 nitrogen and oxygen atoms in total. The fourth-order valence-electron chi connectivity index (χ4n) is 1.70. The third-order valence-corrected chi connectivity index (χ3v) is 3.55. The molecule has 0 spiro atoms. The van der Waals surface area contributed by atoms with Crippen molar-refractivity contribution in [1.82, 2.24) is 20.3 Å². The van der Waals surface area contributed by atoms with Crippen LogP contribution >= 0.6 is 11.8 Å². The number of nitrogens with zero attached hydrogens (tertiary/aromatic N) is 3. The highest BCUT2D eigenvalue weighted by Gasteiger charge is 2.07. The Labute approximate surface area is 118 Å². The number of aromatic nitrogens is 3. The molecule has 0 fully saturated rings. The summed E-state index contributed by atoms with van der Waals surface area (Å²) in [5.41, 5.74) is 2.29. The van der Waals surface area contributed by atoms with E-state index in [1.165, 1.54) is 17.3 Å². The Morgan fingerprint density at radius 1 is 1.26 bits per heavy atom. The summed E-state index contributed by atoms with van der Waals surface area (Å²) in [6.45, 7) is 7.18. The van der Waals surface area contributed by atoms with Crippen LogP contribution in [0, 0.1) is 6.92 Å². The van der Waals surface area contributed by atoms with Gasteiger partial charge in [0.05, 0.1) is 0 Å². The summed E-state index contributed by atoms with van der Waals surface area (Å²) >= 11 is 1.48. The van der Waals surface area contributed by atoms with Crippen molar-refractivity contribution >= 4 is 11.8 Å². The smallest absolute Gasteiger partial charge is 0.193 e. The number of nitrogens with one attached hydrogen (secondary N) is 1. The van der Waals surface area contributed by atoms with E-state index < -0.39 is 0 Å². The number of pyridine rings is 1. The van der Waals surface area contributed by atoms with E-state index in [4.69, 9.17) is 0 Å². The predicted octanol–water partition coefficient (Wildman–Crippen LogP) is 3.00. The zero-order chi connectivity index (χ0) is 13.7. The summed E-state index contributed by atoms with van der Waals surface area (Å²) in [7, 11) is 0. The van der Waals surface area contributed by atoms with Gasteiger partial charge in [-0.15, -0.1) is 0 Å². The van der Waals surface area contributed by atoms with Crippen LogP contribution in [0.15, 0.2) is 40.9 Å². The van der Waals surface area contributed by atoms with Crippen molar-refractivity contribution in [3.05, 3.63) is 41.9 Å². The molecular weight excluding hydrogens is 256 g/mol. The summed E-state index contributed by atoms with van der Waals surface area (Å²) < 4.78 is 0. The van der Waals surface area contributed by atoms with Gasteiger partial charge in [-0.2, -0.15) is 0 Å². The molecule has 0 saturated carbocycles. The van der Waals surface area contributed by atoms with E-state index in [0.29, 0.717) is 6.04 Å². The van der Waals surface area contributed by atoms with Gasteiger partial charge in [-0.1, -0.05) is 6.92 Å². The van der Waals surface area contributed by atoms with Crippen molar-refractivity contribution in [3.63, 3.8) is 0 Å².